The largest absolute Gasteiger partial charge is 0.360 e. The predicted molar refractivity (Wildman–Crippen MR) is 93.7 cm³/mol. The summed E-state index contributed by atoms with van der Waals surface area (Å²) < 4.78 is 5.30. The Labute approximate surface area is 146 Å². The van der Waals surface area contributed by atoms with E-state index in [1.807, 2.05) is 0 Å². The summed E-state index contributed by atoms with van der Waals surface area (Å²) in [5, 5.41) is 6.78. The summed E-state index contributed by atoms with van der Waals surface area (Å²) in [7, 11) is 0. The van der Waals surface area contributed by atoms with Gasteiger partial charge in [-0.25, -0.2) is 9.97 Å². The molecule has 0 spiro atoms. The van der Waals surface area contributed by atoms with Crippen LogP contribution in [-0.4, -0.2) is 34.1 Å². The van der Waals surface area contributed by atoms with E-state index >= 15 is 0 Å². The van der Waals surface area contributed by atoms with E-state index in [0.717, 1.165) is 62.0 Å². The molecule has 1 aliphatic carbocycles. The van der Waals surface area contributed by atoms with Crippen molar-refractivity contribution < 1.29 is 9.32 Å². The molecular formula is C18H23N5O2. The van der Waals surface area contributed by atoms with Crippen molar-refractivity contribution in [3.05, 3.63) is 29.4 Å². The second-order valence-electron chi connectivity index (χ2n) is 7.04. The number of fused-ring (bicyclic) bond motifs is 1. The van der Waals surface area contributed by atoms with Gasteiger partial charge in [0.1, 0.15) is 5.76 Å². The van der Waals surface area contributed by atoms with Crippen LogP contribution >= 0.6 is 0 Å². The molecule has 1 saturated heterocycles. The molecule has 3 heterocycles. The number of anilines is 2. The van der Waals surface area contributed by atoms with Gasteiger partial charge in [-0.05, 0) is 38.0 Å². The fourth-order valence-corrected chi connectivity index (χ4v) is 3.51. The Hall–Kier alpha value is -2.44. The SMILES string of the molecule is CC1CCN(c2ncc(NC(=O)c3noc4c3CCCC4)cn2)CC1. The van der Waals surface area contributed by atoms with Gasteiger partial charge in [0, 0.05) is 25.1 Å². The summed E-state index contributed by atoms with van der Waals surface area (Å²) in [6.07, 6.45) is 9.52. The van der Waals surface area contributed by atoms with E-state index in [9.17, 15) is 4.79 Å². The van der Waals surface area contributed by atoms with Crippen LogP contribution in [0.4, 0.5) is 11.6 Å². The molecule has 0 radical (unpaired) electrons. The molecule has 2 aromatic rings. The van der Waals surface area contributed by atoms with Gasteiger partial charge in [-0.1, -0.05) is 12.1 Å². The van der Waals surface area contributed by atoms with Crippen molar-refractivity contribution in [2.75, 3.05) is 23.3 Å². The predicted octanol–water partition coefficient (Wildman–Crippen LogP) is 2.83. The number of nitrogens with zero attached hydrogens (tertiary/aromatic N) is 4. The molecule has 2 aromatic heterocycles. The molecule has 25 heavy (non-hydrogen) atoms. The first-order valence-electron chi connectivity index (χ1n) is 9.06. The molecule has 0 unspecified atom stereocenters. The Balaban J connectivity index is 1.42. The first-order valence-corrected chi connectivity index (χ1v) is 9.06. The van der Waals surface area contributed by atoms with Gasteiger partial charge in [0.2, 0.25) is 5.95 Å². The number of carbonyl (C=O) groups excluding carboxylic acids is 1. The third kappa shape index (κ3) is 3.36. The zero-order valence-electron chi connectivity index (χ0n) is 14.5. The van der Waals surface area contributed by atoms with Crippen molar-refractivity contribution in [1.82, 2.24) is 15.1 Å². The van der Waals surface area contributed by atoms with Crippen LogP contribution in [0.15, 0.2) is 16.9 Å². The van der Waals surface area contributed by atoms with Gasteiger partial charge in [-0.2, -0.15) is 0 Å². The molecular weight excluding hydrogens is 318 g/mol. The van der Waals surface area contributed by atoms with Gasteiger partial charge < -0.3 is 14.7 Å². The quantitative estimate of drug-likeness (QED) is 0.924. The van der Waals surface area contributed by atoms with Crippen LogP contribution in [0.3, 0.4) is 0 Å². The van der Waals surface area contributed by atoms with E-state index in [-0.39, 0.29) is 5.91 Å². The molecule has 4 rings (SSSR count). The number of piperidine rings is 1. The number of amides is 1. The Bertz CT molecular complexity index is 747. The second-order valence-corrected chi connectivity index (χ2v) is 7.04. The summed E-state index contributed by atoms with van der Waals surface area (Å²) in [4.78, 5) is 23.5. The van der Waals surface area contributed by atoms with Gasteiger partial charge in [0.25, 0.3) is 5.91 Å². The monoisotopic (exact) mass is 341 g/mol. The smallest absolute Gasteiger partial charge is 0.278 e. The fraction of sp³-hybridized carbons (Fsp3) is 0.556. The van der Waals surface area contributed by atoms with Crippen molar-refractivity contribution >= 4 is 17.5 Å². The minimum atomic E-state index is -0.255. The van der Waals surface area contributed by atoms with E-state index in [0.29, 0.717) is 11.4 Å². The third-order valence-electron chi connectivity index (χ3n) is 5.13. The van der Waals surface area contributed by atoms with Gasteiger partial charge in [0.05, 0.1) is 18.1 Å². The normalized spacial score (nSPS) is 18.0. The van der Waals surface area contributed by atoms with Crippen LogP contribution in [0, 0.1) is 5.92 Å². The maximum Gasteiger partial charge on any atom is 0.278 e. The number of carbonyl (C=O) groups is 1. The molecule has 1 N–H and O–H groups in total. The highest BCUT2D eigenvalue weighted by molar-refractivity contribution is 6.03. The Kier molecular flexibility index (Phi) is 4.38. The minimum absolute atomic E-state index is 0.255. The number of aryl methyl sites for hydroxylation is 1. The number of aromatic nitrogens is 3. The number of hydrogen-bond acceptors (Lipinski definition) is 6. The number of nitrogens with one attached hydrogen (secondary N) is 1. The topological polar surface area (TPSA) is 84.2 Å². The molecule has 1 fully saturated rings. The van der Waals surface area contributed by atoms with Crippen LogP contribution in [0.1, 0.15) is 54.4 Å². The van der Waals surface area contributed by atoms with Crippen LogP contribution in [0.5, 0.6) is 0 Å². The maximum atomic E-state index is 12.5. The molecule has 0 atom stereocenters. The Morgan fingerprint density at radius 2 is 1.92 bits per heavy atom. The molecule has 1 aliphatic heterocycles. The lowest BCUT2D eigenvalue weighted by atomic mass is 9.96. The van der Waals surface area contributed by atoms with Crippen molar-refractivity contribution in [2.24, 2.45) is 5.92 Å². The zero-order chi connectivity index (χ0) is 17.2. The van der Waals surface area contributed by atoms with Gasteiger partial charge in [-0.15, -0.1) is 0 Å². The molecule has 1 amide bonds. The Morgan fingerprint density at radius 3 is 2.68 bits per heavy atom. The van der Waals surface area contributed by atoms with Crippen LogP contribution < -0.4 is 10.2 Å². The molecule has 0 aromatic carbocycles. The number of hydrogen-bond donors (Lipinski definition) is 1. The molecule has 2 aliphatic rings. The van der Waals surface area contributed by atoms with E-state index in [2.05, 4.69) is 32.3 Å². The van der Waals surface area contributed by atoms with Gasteiger partial charge >= 0.3 is 0 Å². The number of rotatable bonds is 3. The molecule has 7 nitrogen and oxygen atoms in total. The van der Waals surface area contributed by atoms with E-state index in [1.165, 1.54) is 12.8 Å². The fourth-order valence-electron chi connectivity index (χ4n) is 3.51. The second kappa shape index (κ2) is 6.82. The van der Waals surface area contributed by atoms with Crippen LogP contribution in [-0.2, 0) is 12.8 Å². The van der Waals surface area contributed by atoms with Crippen molar-refractivity contribution in [2.45, 2.75) is 45.4 Å². The summed E-state index contributed by atoms with van der Waals surface area (Å²) in [6, 6.07) is 0. The van der Waals surface area contributed by atoms with Crippen LogP contribution in [0.25, 0.3) is 0 Å². The zero-order valence-corrected chi connectivity index (χ0v) is 14.5. The average Bonchev–Trinajstić information content (AvgIpc) is 3.07. The summed E-state index contributed by atoms with van der Waals surface area (Å²) >= 11 is 0. The first kappa shape index (κ1) is 16.1. The highest BCUT2D eigenvalue weighted by atomic mass is 16.5. The van der Waals surface area contributed by atoms with Gasteiger partial charge in [0.15, 0.2) is 5.69 Å². The Morgan fingerprint density at radius 1 is 1.20 bits per heavy atom. The molecule has 7 heteroatoms. The third-order valence-corrected chi connectivity index (χ3v) is 5.13. The van der Waals surface area contributed by atoms with E-state index < -0.39 is 0 Å². The van der Waals surface area contributed by atoms with Crippen molar-refractivity contribution in [3.63, 3.8) is 0 Å². The van der Waals surface area contributed by atoms with Crippen molar-refractivity contribution in [1.29, 1.82) is 0 Å². The summed E-state index contributed by atoms with van der Waals surface area (Å²) in [5.41, 5.74) is 1.92. The highest BCUT2D eigenvalue weighted by Crippen LogP contribution is 2.25. The lowest BCUT2D eigenvalue weighted by Gasteiger charge is -2.30. The average molecular weight is 341 g/mol. The van der Waals surface area contributed by atoms with E-state index in [1.54, 1.807) is 12.4 Å². The minimum Gasteiger partial charge on any atom is -0.360 e. The van der Waals surface area contributed by atoms with Crippen LogP contribution in [0.2, 0.25) is 0 Å². The van der Waals surface area contributed by atoms with Crippen molar-refractivity contribution in [3.8, 4) is 0 Å². The van der Waals surface area contributed by atoms with E-state index in [4.69, 9.17) is 4.52 Å². The maximum absolute atomic E-state index is 12.5. The lowest BCUT2D eigenvalue weighted by Crippen LogP contribution is -2.34. The van der Waals surface area contributed by atoms with Gasteiger partial charge in [-0.3, -0.25) is 4.79 Å². The first-order chi connectivity index (χ1) is 12.2. The lowest BCUT2D eigenvalue weighted by molar-refractivity contribution is 0.101. The molecule has 0 bridgehead atoms. The molecule has 0 saturated carbocycles. The highest BCUT2D eigenvalue weighted by Gasteiger charge is 2.24. The standard InChI is InChI=1S/C18H23N5O2/c1-12-6-8-23(9-7-12)18-19-10-13(11-20-18)21-17(24)16-14-4-2-3-5-15(14)25-22-16/h10-12H,2-9H2,1H3,(H,21,24). The summed E-state index contributed by atoms with van der Waals surface area (Å²) in [6.45, 7) is 4.25. The molecule has 132 valence electrons. The summed E-state index contributed by atoms with van der Waals surface area (Å²) in [5.74, 6) is 2.09.